The Hall–Kier alpha value is -0.310. The van der Waals surface area contributed by atoms with Gasteiger partial charge in [0.05, 0.1) is 15.6 Å². The van der Waals surface area contributed by atoms with Gasteiger partial charge in [-0.3, -0.25) is 10.1 Å². The number of nitro benzene ring substituents is 1. The van der Waals surface area contributed by atoms with Gasteiger partial charge in [0.2, 0.25) is 9.05 Å². The van der Waals surface area contributed by atoms with Gasteiger partial charge in [-0.05, 0) is 12.1 Å². The first-order valence-electron chi connectivity index (χ1n) is 4.28. The smallest absolute Gasteiger partial charge is 0.258 e. The molecule has 1 aromatic rings. The number of nitrogens with zero attached hydrogens (tertiary/aromatic N) is 1. The molecular formula is C8H7BrClNO4S2. The van der Waals surface area contributed by atoms with Crippen molar-refractivity contribution in [2.75, 3.05) is 11.5 Å². The Balaban J connectivity index is 2.81. The molecule has 0 amide bonds. The molecule has 0 unspecified atom stereocenters. The van der Waals surface area contributed by atoms with Crippen LogP contribution in [0.3, 0.4) is 0 Å². The third-order valence-electron chi connectivity index (χ3n) is 1.70. The molecule has 0 saturated heterocycles. The first kappa shape index (κ1) is 14.7. The fraction of sp³-hybridized carbons (Fsp3) is 0.250. The summed E-state index contributed by atoms with van der Waals surface area (Å²) in [6, 6.07) is 4.59. The molecule has 0 fully saturated rings. The summed E-state index contributed by atoms with van der Waals surface area (Å²) in [4.78, 5) is 10.7. The van der Waals surface area contributed by atoms with Crippen LogP contribution in [0, 0.1) is 10.1 Å². The highest BCUT2D eigenvalue weighted by atomic mass is 79.9. The Morgan fingerprint density at radius 2 is 2.12 bits per heavy atom. The van der Waals surface area contributed by atoms with E-state index >= 15 is 0 Å². The van der Waals surface area contributed by atoms with Crippen molar-refractivity contribution in [1.82, 2.24) is 0 Å². The summed E-state index contributed by atoms with van der Waals surface area (Å²) in [5.41, 5.74) is -0.0589. The Labute approximate surface area is 115 Å². The Bertz CT molecular complexity index is 534. The molecule has 0 N–H and O–H groups in total. The minimum Gasteiger partial charge on any atom is -0.258 e. The van der Waals surface area contributed by atoms with Gasteiger partial charge in [0.1, 0.15) is 0 Å². The predicted molar refractivity (Wildman–Crippen MR) is 71.2 cm³/mol. The van der Waals surface area contributed by atoms with E-state index in [4.69, 9.17) is 10.7 Å². The molecule has 0 aliphatic rings. The van der Waals surface area contributed by atoms with E-state index in [2.05, 4.69) is 15.9 Å². The van der Waals surface area contributed by atoms with Crippen molar-refractivity contribution in [2.45, 2.75) is 4.90 Å². The zero-order valence-electron chi connectivity index (χ0n) is 8.30. The number of hydrogen-bond donors (Lipinski definition) is 0. The standard InChI is InChI=1S/C8H7BrClNO4S2/c9-6-1-2-8(7(5-6)11(12)13)16-3-4-17(10,14)15/h1-2,5H,3-4H2. The number of benzene rings is 1. The molecule has 0 heterocycles. The van der Waals surface area contributed by atoms with Crippen LogP contribution in [-0.2, 0) is 9.05 Å². The van der Waals surface area contributed by atoms with E-state index in [0.717, 1.165) is 11.8 Å². The summed E-state index contributed by atoms with van der Waals surface area (Å²) in [5, 5.41) is 10.8. The molecule has 0 aliphatic carbocycles. The van der Waals surface area contributed by atoms with Crippen LogP contribution in [0.5, 0.6) is 0 Å². The van der Waals surface area contributed by atoms with Crippen LogP contribution in [0.1, 0.15) is 0 Å². The molecule has 94 valence electrons. The molecule has 1 rings (SSSR count). The quantitative estimate of drug-likeness (QED) is 0.349. The first-order chi connectivity index (χ1) is 7.79. The topological polar surface area (TPSA) is 77.3 Å². The summed E-state index contributed by atoms with van der Waals surface area (Å²) in [5.74, 6) is -0.0548. The van der Waals surface area contributed by atoms with Gasteiger partial charge in [-0.15, -0.1) is 11.8 Å². The van der Waals surface area contributed by atoms with Crippen LogP contribution in [0.25, 0.3) is 0 Å². The maximum Gasteiger partial charge on any atom is 0.283 e. The second kappa shape index (κ2) is 6.03. The molecule has 0 spiro atoms. The third-order valence-corrected chi connectivity index (χ3v) is 4.67. The van der Waals surface area contributed by atoms with E-state index < -0.39 is 14.0 Å². The van der Waals surface area contributed by atoms with Gasteiger partial charge < -0.3 is 0 Å². The van der Waals surface area contributed by atoms with Gasteiger partial charge in [0, 0.05) is 27.0 Å². The molecule has 0 atom stereocenters. The maximum absolute atomic E-state index is 10.8. The van der Waals surface area contributed by atoms with Crippen LogP contribution < -0.4 is 0 Å². The van der Waals surface area contributed by atoms with Gasteiger partial charge in [0.25, 0.3) is 5.69 Å². The molecule has 0 radical (unpaired) electrons. The summed E-state index contributed by atoms with van der Waals surface area (Å²) in [6.07, 6.45) is 0. The van der Waals surface area contributed by atoms with E-state index in [-0.39, 0.29) is 17.2 Å². The van der Waals surface area contributed by atoms with E-state index in [1.807, 2.05) is 0 Å². The van der Waals surface area contributed by atoms with Crippen LogP contribution >= 0.6 is 38.4 Å². The minimum absolute atomic E-state index is 0.0589. The van der Waals surface area contributed by atoms with Crippen molar-refractivity contribution in [3.8, 4) is 0 Å². The average molecular weight is 361 g/mol. The number of hydrogen-bond acceptors (Lipinski definition) is 5. The second-order valence-electron chi connectivity index (χ2n) is 2.96. The number of nitro groups is 1. The minimum atomic E-state index is -3.56. The fourth-order valence-corrected chi connectivity index (χ4v) is 3.72. The molecule has 17 heavy (non-hydrogen) atoms. The summed E-state index contributed by atoms with van der Waals surface area (Å²) >= 11 is 4.22. The maximum atomic E-state index is 10.8. The van der Waals surface area contributed by atoms with E-state index in [1.165, 1.54) is 6.07 Å². The molecule has 1 aromatic carbocycles. The molecule has 0 aliphatic heterocycles. The summed E-state index contributed by atoms with van der Waals surface area (Å²) < 4.78 is 22.0. The Kier molecular flexibility index (Phi) is 5.23. The number of rotatable bonds is 5. The second-order valence-corrected chi connectivity index (χ2v) is 7.91. The van der Waals surface area contributed by atoms with Crippen molar-refractivity contribution in [3.63, 3.8) is 0 Å². The molecule has 0 bridgehead atoms. The zero-order chi connectivity index (χ0) is 13.1. The predicted octanol–water partition coefficient (Wildman–Crippen LogP) is 3.02. The summed E-state index contributed by atoms with van der Waals surface area (Å²) in [7, 11) is 1.48. The molecule has 5 nitrogen and oxygen atoms in total. The highest BCUT2D eigenvalue weighted by molar-refractivity contribution is 9.10. The lowest BCUT2D eigenvalue weighted by Crippen LogP contribution is -2.00. The molecular weight excluding hydrogens is 354 g/mol. The van der Waals surface area contributed by atoms with Crippen molar-refractivity contribution >= 4 is 53.1 Å². The normalized spacial score (nSPS) is 11.4. The van der Waals surface area contributed by atoms with Crippen LogP contribution in [0.4, 0.5) is 5.69 Å². The zero-order valence-corrected chi connectivity index (χ0v) is 12.3. The van der Waals surface area contributed by atoms with Gasteiger partial charge in [-0.2, -0.15) is 0 Å². The monoisotopic (exact) mass is 359 g/mol. The van der Waals surface area contributed by atoms with Gasteiger partial charge in [0.15, 0.2) is 0 Å². The SMILES string of the molecule is O=[N+]([O-])c1cc(Br)ccc1SCCS(=O)(=O)Cl. The molecule has 9 heteroatoms. The van der Waals surface area contributed by atoms with Gasteiger partial charge in [-0.25, -0.2) is 8.42 Å². The highest BCUT2D eigenvalue weighted by Crippen LogP contribution is 2.31. The average Bonchev–Trinajstić information content (AvgIpc) is 2.18. The van der Waals surface area contributed by atoms with E-state index in [1.54, 1.807) is 12.1 Å². The largest absolute Gasteiger partial charge is 0.283 e. The van der Waals surface area contributed by atoms with Crippen LogP contribution in [0.15, 0.2) is 27.6 Å². The lowest BCUT2D eigenvalue weighted by molar-refractivity contribution is -0.387. The van der Waals surface area contributed by atoms with E-state index in [9.17, 15) is 18.5 Å². The van der Waals surface area contributed by atoms with Gasteiger partial charge in [-0.1, -0.05) is 15.9 Å². The number of halogens is 2. The Morgan fingerprint density at radius 3 is 2.65 bits per heavy atom. The van der Waals surface area contributed by atoms with Crippen LogP contribution in [0.2, 0.25) is 0 Å². The molecule has 0 aromatic heterocycles. The fourth-order valence-electron chi connectivity index (χ4n) is 1.01. The molecule has 0 saturated carbocycles. The Morgan fingerprint density at radius 1 is 1.47 bits per heavy atom. The van der Waals surface area contributed by atoms with Crippen molar-refractivity contribution < 1.29 is 13.3 Å². The van der Waals surface area contributed by atoms with Gasteiger partial charge >= 0.3 is 0 Å². The lowest BCUT2D eigenvalue weighted by atomic mass is 10.3. The highest BCUT2D eigenvalue weighted by Gasteiger charge is 2.15. The van der Waals surface area contributed by atoms with Crippen molar-refractivity contribution in [1.29, 1.82) is 0 Å². The van der Waals surface area contributed by atoms with Crippen molar-refractivity contribution in [2.24, 2.45) is 0 Å². The first-order valence-corrected chi connectivity index (χ1v) is 8.54. The van der Waals surface area contributed by atoms with Crippen molar-refractivity contribution in [3.05, 3.63) is 32.8 Å². The number of thioether (sulfide) groups is 1. The lowest BCUT2D eigenvalue weighted by Gasteiger charge is -2.02. The third kappa shape index (κ3) is 5.24. The van der Waals surface area contributed by atoms with E-state index in [0.29, 0.717) is 9.37 Å². The summed E-state index contributed by atoms with van der Waals surface area (Å²) in [6.45, 7) is 0. The van der Waals surface area contributed by atoms with Crippen LogP contribution in [-0.4, -0.2) is 24.8 Å².